The van der Waals surface area contributed by atoms with E-state index >= 15 is 0 Å². The summed E-state index contributed by atoms with van der Waals surface area (Å²) in [5, 5.41) is 12.2. The zero-order valence-electron chi connectivity index (χ0n) is 18.7. The van der Waals surface area contributed by atoms with Gasteiger partial charge < -0.3 is 24.2 Å². The van der Waals surface area contributed by atoms with Crippen LogP contribution in [-0.4, -0.2) is 80.5 Å². The number of hydrogen-bond acceptors (Lipinski definition) is 7. The van der Waals surface area contributed by atoms with E-state index in [0.29, 0.717) is 37.7 Å². The van der Waals surface area contributed by atoms with Gasteiger partial charge in [0.1, 0.15) is 6.61 Å². The van der Waals surface area contributed by atoms with Crippen molar-refractivity contribution in [2.45, 2.75) is 18.6 Å². The van der Waals surface area contributed by atoms with Gasteiger partial charge in [0.25, 0.3) is 0 Å². The van der Waals surface area contributed by atoms with E-state index in [1.54, 1.807) is 31.6 Å². The molecule has 0 aliphatic carbocycles. The van der Waals surface area contributed by atoms with Crippen LogP contribution in [0.1, 0.15) is 16.5 Å². The van der Waals surface area contributed by atoms with Crippen LogP contribution in [0.5, 0.6) is 11.5 Å². The number of ether oxygens (including phenoxy) is 3. The number of carbonyl (C=O) groups excluding carboxylic acids is 1. The first kappa shape index (κ1) is 24.3. The number of aliphatic hydroxyl groups excluding tert-OH is 1. The molecule has 0 radical (unpaired) electrons. The van der Waals surface area contributed by atoms with Gasteiger partial charge in [0.05, 0.1) is 32.4 Å². The fraction of sp³-hybridized carbons (Fsp3) is 0.458. The lowest BCUT2D eigenvalue weighted by Gasteiger charge is -2.37. The first-order valence-corrected chi connectivity index (χ1v) is 11.6. The van der Waals surface area contributed by atoms with Crippen LogP contribution in [0.25, 0.3) is 0 Å². The lowest BCUT2D eigenvalue weighted by atomic mass is 10.0. The van der Waals surface area contributed by atoms with E-state index in [1.165, 1.54) is 4.88 Å². The Bertz CT molecular complexity index is 887. The van der Waals surface area contributed by atoms with Crippen molar-refractivity contribution < 1.29 is 24.1 Å². The molecule has 174 valence electrons. The third-order valence-electron chi connectivity index (χ3n) is 5.46. The maximum absolute atomic E-state index is 13.4. The zero-order chi connectivity index (χ0) is 22.9. The Labute approximate surface area is 193 Å². The summed E-state index contributed by atoms with van der Waals surface area (Å²) in [4.78, 5) is 18.4. The van der Waals surface area contributed by atoms with Crippen molar-refractivity contribution in [3.8, 4) is 11.5 Å². The molecule has 7 nitrogen and oxygen atoms in total. The molecule has 0 spiro atoms. The van der Waals surface area contributed by atoms with Crippen LogP contribution in [0.3, 0.4) is 0 Å². The molecule has 32 heavy (non-hydrogen) atoms. The van der Waals surface area contributed by atoms with Crippen LogP contribution in [0, 0.1) is 0 Å². The lowest BCUT2D eigenvalue weighted by molar-refractivity contribution is -0.136. The molecular formula is C24H32N2O5S. The molecule has 1 aliphatic heterocycles. The summed E-state index contributed by atoms with van der Waals surface area (Å²) in [7, 11) is 3.16. The molecule has 0 fully saturated rings. The molecule has 0 saturated carbocycles. The highest BCUT2D eigenvalue weighted by atomic mass is 32.1. The lowest BCUT2D eigenvalue weighted by Crippen LogP contribution is -2.48. The predicted molar refractivity (Wildman–Crippen MR) is 125 cm³/mol. The zero-order valence-corrected chi connectivity index (χ0v) is 19.6. The Morgan fingerprint density at radius 1 is 1.34 bits per heavy atom. The number of hydrogen-bond donors (Lipinski definition) is 1. The molecule has 0 unspecified atom stereocenters. The number of rotatable bonds is 12. The van der Waals surface area contributed by atoms with Crippen molar-refractivity contribution >= 4 is 17.2 Å². The standard InChI is InChI=1S/C24H32N2O5S/c1-4-11-25(14-18(27)16-29-2)15-24(28)26-12-9-23-19(10-13-32-23)20(26)17-31-22-8-6-5-7-21(22)30-3/h4-8,10,13,18,20,27H,1,9,11-12,14-17H2,2-3H3/t18-,20-/m1/s1. The number of amides is 1. The monoisotopic (exact) mass is 460 g/mol. The summed E-state index contributed by atoms with van der Waals surface area (Å²) in [6, 6.07) is 9.41. The minimum atomic E-state index is -0.665. The molecule has 2 atom stereocenters. The van der Waals surface area contributed by atoms with Crippen LogP contribution >= 0.6 is 11.3 Å². The molecule has 1 aromatic carbocycles. The number of carbonyl (C=O) groups is 1. The van der Waals surface area contributed by atoms with Gasteiger partial charge in [-0.05, 0) is 35.6 Å². The van der Waals surface area contributed by atoms with Crippen LogP contribution in [0.4, 0.5) is 0 Å². The second-order valence-corrected chi connectivity index (χ2v) is 8.71. The Kier molecular flexibility index (Phi) is 9.11. The van der Waals surface area contributed by atoms with Crippen molar-refractivity contribution in [3.05, 3.63) is 58.8 Å². The largest absolute Gasteiger partial charge is 0.493 e. The summed E-state index contributed by atoms with van der Waals surface area (Å²) in [5.74, 6) is 1.32. The molecule has 0 bridgehead atoms. The first-order chi connectivity index (χ1) is 15.6. The second-order valence-electron chi connectivity index (χ2n) is 7.71. The SMILES string of the molecule is C=CCN(CC(=O)N1CCc2sccc2[C@H]1COc1ccccc1OC)C[C@@H](O)COC. The number of para-hydroxylation sites is 2. The molecule has 1 amide bonds. The third-order valence-corrected chi connectivity index (χ3v) is 6.45. The van der Waals surface area contributed by atoms with Gasteiger partial charge in [0.2, 0.25) is 5.91 Å². The molecule has 3 rings (SSSR count). The van der Waals surface area contributed by atoms with E-state index in [2.05, 4.69) is 18.0 Å². The van der Waals surface area contributed by atoms with Crippen molar-refractivity contribution in [2.24, 2.45) is 0 Å². The van der Waals surface area contributed by atoms with Gasteiger partial charge in [-0.25, -0.2) is 0 Å². The Morgan fingerprint density at radius 2 is 2.12 bits per heavy atom. The fourth-order valence-electron chi connectivity index (χ4n) is 3.99. The fourth-order valence-corrected chi connectivity index (χ4v) is 4.92. The van der Waals surface area contributed by atoms with Gasteiger partial charge in [-0.2, -0.15) is 0 Å². The highest BCUT2D eigenvalue weighted by Crippen LogP contribution is 2.35. The van der Waals surface area contributed by atoms with Crippen molar-refractivity contribution in [3.63, 3.8) is 0 Å². The van der Waals surface area contributed by atoms with Gasteiger partial charge in [-0.15, -0.1) is 17.9 Å². The van der Waals surface area contributed by atoms with Crippen molar-refractivity contribution in [1.29, 1.82) is 0 Å². The molecule has 8 heteroatoms. The maximum atomic E-state index is 13.4. The normalized spacial score (nSPS) is 16.5. The topological polar surface area (TPSA) is 71.5 Å². The number of aliphatic hydroxyl groups is 1. The van der Waals surface area contributed by atoms with Crippen molar-refractivity contribution in [2.75, 3.05) is 53.6 Å². The van der Waals surface area contributed by atoms with E-state index in [9.17, 15) is 9.90 Å². The summed E-state index contributed by atoms with van der Waals surface area (Å²) < 4.78 is 16.5. The Hall–Kier alpha value is -2.39. The van der Waals surface area contributed by atoms with E-state index < -0.39 is 6.10 Å². The molecule has 2 heterocycles. The number of thiophene rings is 1. The van der Waals surface area contributed by atoms with Gasteiger partial charge >= 0.3 is 0 Å². The molecular weight excluding hydrogens is 428 g/mol. The summed E-state index contributed by atoms with van der Waals surface area (Å²) in [6.45, 7) is 6.01. The highest BCUT2D eigenvalue weighted by Gasteiger charge is 2.33. The van der Waals surface area contributed by atoms with Crippen LogP contribution in [-0.2, 0) is 16.0 Å². The van der Waals surface area contributed by atoms with Gasteiger partial charge in [-0.3, -0.25) is 9.69 Å². The highest BCUT2D eigenvalue weighted by molar-refractivity contribution is 7.10. The van der Waals surface area contributed by atoms with Gasteiger partial charge in [-0.1, -0.05) is 18.2 Å². The van der Waals surface area contributed by atoms with E-state index in [0.717, 1.165) is 12.0 Å². The number of fused-ring (bicyclic) bond motifs is 1. The average molecular weight is 461 g/mol. The minimum absolute atomic E-state index is 0.00180. The third kappa shape index (κ3) is 6.10. The molecule has 1 aromatic heterocycles. The average Bonchev–Trinajstić information content (AvgIpc) is 3.27. The van der Waals surface area contributed by atoms with E-state index in [1.807, 2.05) is 34.1 Å². The number of methoxy groups -OCH3 is 2. The smallest absolute Gasteiger partial charge is 0.237 e. The van der Waals surface area contributed by atoms with Crippen molar-refractivity contribution in [1.82, 2.24) is 9.80 Å². The summed E-state index contributed by atoms with van der Waals surface area (Å²) >= 11 is 1.72. The Balaban J connectivity index is 1.74. The van der Waals surface area contributed by atoms with Gasteiger partial charge in [0.15, 0.2) is 11.5 Å². The molecule has 1 aliphatic rings. The number of benzene rings is 1. The van der Waals surface area contributed by atoms with E-state index in [-0.39, 0.29) is 25.1 Å². The Morgan fingerprint density at radius 3 is 2.84 bits per heavy atom. The first-order valence-electron chi connectivity index (χ1n) is 10.7. The second kappa shape index (κ2) is 12.0. The minimum Gasteiger partial charge on any atom is -0.493 e. The summed E-state index contributed by atoms with van der Waals surface area (Å²) in [6.07, 6.45) is 1.90. The number of nitrogens with zero attached hydrogens (tertiary/aromatic N) is 2. The quantitative estimate of drug-likeness (QED) is 0.491. The molecule has 2 aromatic rings. The van der Waals surface area contributed by atoms with Crippen LogP contribution in [0.15, 0.2) is 48.4 Å². The maximum Gasteiger partial charge on any atom is 0.237 e. The predicted octanol–water partition coefficient (Wildman–Crippen LogP) is 2.76. The van der Waals surface area contributed by atoms with Crippen LogP contribution in [0.2, 0.25) is 0 Å². The van der Waals surface area contributed by atoms with Gasteiger partial charge in [0, 0.05) is 31.6 Å². The van der Waals surface area contributed by atoms with E-state index in [4.69, 9.17) is 14.2 Å². The molecule has 1 N–H and O–H groups in total. The van der Waals surface area contributed by atoms with Crippen LogP contribution < -0.4 is 9.47 Å². The summed E-state index contributed by atoms with van der Waals surface area (Å²) in [5.41, 5.74) is 1.14. The molecule has 0 saturated heterocycles.